The van der Waals surface area contributed by atoms with E-state index in [9.17, 15) is 4.79 Å². The maximum absolute atomic E-state index is 12.2. The average Bonchev–Trinajstić information content (AvgIpc) is 2.38. The van der Waals surface area contributed by atoms with Crippen molar-refractivity contribution in [2.45, 2.75) is 6.92 Å². The summed E-state index contributed by atoms with van der Waals surface area (Å²) < 4.78 is 0.849. The van der Waals surface area contributed by atoms with Crippen molar-refractivity contribution in [2.75, 3.05) is 5.32 Å². The summed E-state index contributed by atoms with van der Waals surface area (Å²) in [5.41, 5.74) is 2.08. The third-order valence-electron chi connectivity index (χ3n) is 2.61. The van der Waals surface area contributed by atoms with Gasteiger partial charge in [0.25, 0.3) is 5.91 Å². The Balaban J connectivity index is 2.31. The summed E-state index contributed by atoms with van der Waals surface area (Å²) >= 11 is 15.3. The first-order valence-electron chi connectivity index (χ1n) is 5.50. The summed E-state index contributed by atoms with van der Waals surface area (Å²) in [7, 11) is 0. The van der Waals surface area contributed by atoms with Crippen LogP contribution in [0.5, 0.6) is 0 Å². The van der Waals surface area contributed by atoms with Crippen LogP contribution in [-0.4, -0.2) is 5.91 Å². The van der Waals surface area contributed by atoms with Crippen molar-refractivity contribution < 1.29 is 4.79 Å². The monoisotopic (exact) mass is 357 g/mol. The predicted octanol–water partition coefficient (Wildman–Crippen LogP) is 5.32. The Bertz CT molecular complexity index is 643. The molecule has 0 heterocycles. The van der Waals surface area contributed by atoms with E-state index in [2.05, 4.69) is 21.2 Å². The number of anilines is 1. The Morgan fingerprint density at radius 1 is 1.21 bits per heavy atom. The zero-order chi connectivity index (χ0) is 14.0. The fraction of sp³-hybridized carbons (Fsp3) is 0.0714. The summed E-state index contributed by atoms with van der Waals surface area (Å²) in [6.45, 7) is 1.95. The summed E-state index contributed by atoms with van der Waals surface area (Å²) in [5, 5.41) is 3.64. The fourth-order valence-corrected chi connectivity index (χ4v) is 2.34. The van der Waals surface area contributed by atoms with Gasteiger partial charge in [-0.05, 0) is 52.7 Å². The number of aryl methyl sites for hydroxylation is 1. The molecule has 0 atom stereocenters. The van der Waals surface area contributed by atoms with Gasteiger partial charge in [-0.1, -0.05) is 35.3 Å². The van der Waals surface area contributed by atoms with Crippen molar-refractivity contribution in [1.29, 1.82) is 0 Å². The van der Waals surface area contributed by atoms with Crippen molar-refractivity contribution in [3.05, 3.63) is 62.0 Å². The Hall–Kier alpha value is -1.03. The van der Waals surface area contributed by atoms with E-state index in [1.165, 1.54) is 0 Å². The lowest BCUT2D eigenvalue weighted by Gasteiger charge is -2.10. The topological polar surface area (TPSA) is 29.1 Å². The normalized spacial score (nSPS) is 10.3. The van der Waals surface area contributed by atoms with Gasteiger partial charge in [0, 0.05) is 9.50 Å². The van der Waals surface area contributed by atoms with Crippen LogP contribution in [0.2, 0.25) is 10.0 Å². The number of hydrogen-bond donors (Lipinski definition) is 1. The first-order valence-corrected chi connectivity index (χ1v) is 7.05. The summed E-state index contributed by atoms with van der Waals surface area (Å²) in [6, 6.07) is 10.4. The Morgan fingerprint density at radius 2 is 1.95 bits per heavy atom. The second kappa shape index (κ2) is 5.95. The standard InChI is InChI=1S/C14H10BrCl2NO/c1-8-3-2-4-12(13(8)15)18-14(19)10-7-9(16)5-6-11(10)17/h2-7H,1H3,(H,18,19). The molecule has 0 radical (unpaired) electrons. The van der Waals surface area contributed by atoms with Gasteiger partial charge in [-0.3, -0.25) is 4.79 Å². The molecule has 98 valence electrons. The van der Waals surface area contributed by atoms with Gasteiger partial charge in [-0.15, -0.1) is 0 Å². The SMILES string of the molecule is Cc1cccc(NC(=O)c2cc(Cl)ccc2Cl)c1Br. The van der Waals surface area contributed by atoms with E-state index < -0.39 is 0 Å². The lowest BCUT2D eigenvalue weighted by atomic mass is 10.2. The number of carbonyl (C=O) groups is 1. The summed E-state index contributed by atoms with van der Waals surface area (Å²) in [5.74, 6) is -0.293. The molecule has 0 saturated carbocycles. The zero-order valence-electron chi connectivity index (χ0n) is 10.0. The maximum Gasteiger partial charge on any atom is 0.257 e. The molecule has 0 bridgehead atoms. The van der Waals surface area contributed by atoms with Gasteiger partial charge in [0.1, 0.15) is 0 Å². The van der Waals surface area contributed by atoms with Crippen LogP contribution in [0.25, 0.3) is 0 Å². The third kappa shape index (κ3) is 3.30. The lowest BCUT2D eigenvalue weighted by Crippen LogP contribution is -2.13. The van der Waals surface area contributed by atoms with Gasteiger partial charge in [-0.2, -0.15) is 0 Å². The molecule has 1 amide bonds. The second-order valence-corrected chi connectivity index (χ2v) is 5.65. The Kier molecular flexibility index (Phi) is 4.50. The van der Waals surface area contributed by atoms with Crippen molar-refractivity contribution in [3.8, 4) is 0 Å². The van der Waals surface area contributed by atoms with Crippen LogP contribution in [-0.2, 0) is 0 Å². The first kappa shape index (κ1) is 14.4. The van der Waals surface area contributed by atoms with Gasteiger partial charge in [0.05, 0.1) is 16.3 Å². The number of benzene rings is 2. The average molecular weight is 359 g/mol. The van der Waals surface area contributed by atoms with E-state index in [-0.39, 0.29) is 5.91 Å². The molecule has 2 aromatic carbocycles. The Morgan fingerprint density at radius 3 is 2.68 bits per heavy atom. The van der Waals surface area contributed by atoms with Crippen molar-refractivity contribution >= 4 is 50.7 Å². The highest BCUT2D eigenvalue weighted by Crippen LogP contribution is 2.27. The minimum Gasteiger partial charge on any atom is -0.321 e. The second-order valence-electron chi connectivity index (χ2n) is 4.01. The van der Waals surface area contributed by atoms with Gasteiger partial charge < -0.3 is 5.32 Å². The zero-order valence-corrected chi connectivity index (χ0v) is 13.1. The largest absolute Gasteiger partial charge is 0.321 e. The minimum atomic E-state index is -0.293. The molecule has 0 aromatic heterocycles. The van der Waals surface area contributed by atoms with Crippen LogP contribution in [0.3, 0.4) is 0 Å². The molecule has 2 aromatic rings. The van der Waals surface area contributed by atoms with Crippen LogP contribution in [0.15, 0.2) is 40.9 Å². The molecular formula is C14H10BrCl2NO. The van der Waals surface area contributed by atoms with E-state index in [1.54, 1.807) is 18.2 Å². The summed E-state index contributed by atoms with van der Waals surface area (Å²) in [6.07, 6.45) is 0. The van der Waals surface area contributed by atoms with Crippen molar-refractivity contribution in [3.63, 3.8) is 0 Å². The smallest absolute Gasteiger partial charge is 0.257 e. The molecule has 0 spiro atoms. The molecule has 5 heteroatoms. The van der Waals surface area contributed by atoms with Crippen LogP contribution >= 0.6 is 39.1 Å². The number of halogens is 3. The molecule has 0 aliphatic carbocycles. The molecule has 0 aliphatic rings. The molecule has 2 rings (SSSR count). The first-order chi connectivity index (χ1) is 8.99. The van der Waals surface area contributed by atoms with E-state index in [0.29, 0.717) is 21.3 Å². The number of rotatable bonds is 2. The van der Waals surface area contributed by atoms with Gasteiger partial charge in [0.15, 0.2) is 0 Å². The van der Waals surface area contributed by atoms with Crippen LogP contribution in [0, 0.1) is 6.92 Å². The highest BCUT2D eigenvalue weighted by atomic mass is 79.9. The lowest BCUT2D eigenvalue weighted by molar-refractivity contribution is 0.102. The molecule has 0 fully saturated rings. The van der Waals surface area contributed by atoms with Crippen molar-refractivity contribution in [1.82, 2.24) is 0 Å². The van der Waals surface area contributed by atoms with Gasteiger partial charge in [0.2, 0.25) is 0 Å². The molecule has 0 unspecified atom stereocenters. The molecule has 0 saturated heterocycles. The van der Waals surface area contributed by atoms with Crippen LogP contribution in [0.1, 0.15) is 15.9 Å². The van der Waals surface area contributed by atoms with E-state index in [0.717, 1.165) is 10.0 Å². The van der Waals surface area contributed by atoms with Gasteiger partial charge >= 0.3 is 0 Å². The summed E-state index contributed by atoms with van der Waals surface area (Å²) in [4.78, 5) is 12.2. The third-order valence-corrected chi connectivity index (χ3v) is 4.23. The van der Waals surface area contributed by atoms with Gasteiger partial charge in [-0.25, -0.2) is 0 Å². The number of nitrogens with one attached hydrogen (secondary N) is 1. The fourth-order valence-electron chi connectivity index (χ4n) is 1.61. The number of amides is 1. The number of carbonyl (C=O) groups excluding carboxylic acids is 1. The van der Waals surface area contributed by atoms with E-state index >= 15 is 0 Å². The highest BCUT2D eigenvalue weighted by Gasteiger charge is 2.13. The quantitative estimate of drug-likeness (QED) is 0.773. The number of hydrogen-bond acceptors (Lipinski definition) is 1. The van der Waals surface area contributed by atoms with E-state index in [1.807, 2.05) is 25.1 Å². The molecule has 19 heavy (non-hydrogen) atoms. The minimum absolute atomic E-state index is 0.293. The van der Waals surface area contributed by atoms with Crippen LogP contribution in [0.4, 0.5) is 5.69 Å². The van der Waals surface area contributed by atoms with Crippen molar-refractivity contribution in [2.24, 2.45) is 0 Å². The predicted molar refractivity (Wildman–Crippen MR) is 83.3 cm³/mol. The molecular weight excluding hydrogens is 349 g/mol. The maximum atomic E-state index is 12.2. The molecule has 0 aliphatic heterocycles. The molecule has 2 nitrogen and oxygen atoms in total. The molecule has 1 N–H and O–H groups in total. The Labute approximate surface area is 129 Å². The van der Waals surface area contributed by atoms with E-state index in [4.69, 9.17) is 23.2 Å². The highest BCUT2D eigenvalue weighted by molar-refractivity contribution is 9.10. The van der Waals surface area contributed by atoms with Crippen LogP contribution < -0.4 is 5.32 Å².